The molecule has 0 rings (SSSR count). The zero-order valence-corrected chi connectivity index (χ0v) is 38.2. The molecule has 0 bridgehead atoms. The van der Waals surface area contributed by atoms with Gasteiger partial charge in [-0.1, -0.05) is 154 Å². The Labute approximate surface area is 345 Å². The van der Waals surface area contributed by atoms with E-state index in [0.717, 1.165) is 54.5 Å². The first-order chi connectivity index (χ1) is 26.6. The van der Waals surface area contributed by atoms with E-state index in [4.69, 9.17) is 9.47 Å². The Bertz CT molecular complexity index is 764. The normalized spacial score (nSPS) is 13.8. The summed E-state index contributed by atoms with van der Waals surface area (Å²) < 4.78 is 13.3. The van der Waals surface area contributed by atoms with Crippen molar-refractivity contribution in [3.8, 4) is 0 Å². The molecule has 0 aromatic heterocycles. The Hall–Kier alpha value is -0.760. The predicted octanol–water partition coefficient (Wildman–Crippen LogP) is 12.4. The molecule has 2 N–H and O–H groups in total. The molecule has 0 aliphatic rings. The minimum absolute atomic E-state index is 0.428. The van der Waals surface area contributed by atoms with Gasteiger partial charge in [0.25, 0.3) is 0 Å². The third-order valence-corrected chi connectivity index (χ3v) is 11.2. The fraction of sp³-hybridized carbons (Fsp3) is 0.918. The van der Waals surface area contributed by atoms with Crippen LogP contribution in [0.5, 0.6) is 0 Å². The first-order valence-corrected chi connectivity index (χ1v) is 24.1. The third-order valence-electron chi connectivity index (χ3n) is 11.2. The van der Waals surface area contributed by atoms with Crippen molar-refractivity contribution < 1.29 is 28.7 Å². The quantitative estimate of drug-likeness (QED) is 0.0367. The fourth-order valence-corrected chi connectivity index (χ4v) is 7.70. The summed E-state index contributed by atoms with van der Waals surface area (Å²) in [5.41, 5.74) is 0. The largest absolute Gasteiger partial charge is 0.385 e. The van der Waals surface area contributed by atoms with Crippen LogP contribution < -0.4 is 0 Å². The van der Waals surface area contributed by atoms with E-state index < -0.39 is 12.2 Å². The van der Waals surface area contributed by atoms with Gasteiger partial charge in [0.2, 0.25) is 0 Å². The molecule has 2 unspecified atom stereocenters. The van der Waals surface area contributed by atoms with Gasteiger partial charge in [0.05, 0.1) is 54.5 Å². The number of hydrogen-bond acceptors (Lipinski definition) is 4. The molecule has 6 heteroatoms. The first kappa shape index (κ1) is 54.2. The van der Waals surface area contributed by atoms with E-state index in [2.05, 4.69) is 66.3 Å². The summed E-state index contributed by atoms with van der Waals surface area (Å²) in [5, 5.41) is 21.3. The van der Waals surface area contributed by atoms with E-state index in [0.29, 0.717) is 26.3 Å². The van der Waals surface area contributed by atoms with Gasteiger partial charge in [-0.25, -0.2) is 0 Å². The molecule has 0 fully saturated rings. The number of likely N-dealkylation sites (N-methyl/N-ethyl adjacent to an activating group) is 2. The molecule has 6 nitrogen and oxygen atoms in total. The van der Waals surface area contributed by atoms with Crippen molar-refractivity contribution in [2.75, 3.05) is 80.8 Å². The second-order valence-corrected chi connectivity index (χ2v) is 18.4. The molecule has 0 spiro atoms. The van der Waals surface area contributed by atoms with Crippen LogP contribution in [0, 0.1) is 0 Å². The predicted molar refractivity (Wildman–Crippen MR) is 241 cm³/mol. The van der Waals surface area contributed by atoms with Crippen molar-refractivity contribution in [1.82, 2.24) is 0 Å². The molecule has 0 aliphatic heterocycles. The van der Waals surface area contributed by atoms with Crippen molar-refractivity contribution in [1.29, 1.82) is 0 Å². The molecule has 0 amide bonds. The summed E-state index contributed by atoms with van der Waals surface area (Å²) in [6, 6.07) is 0. The van der Waals surface area contributed by atoms with Gasteiger partial charge in [-0.3, -0.25) is 0 Å². The van der Waals surface area contributed by atoms with Crippen LogP contribution >= 0.6 is 0 Å². The van der Waals surface area contributed by atoms with E-state index in [1.165, 1.54) is 167 Å². The zero-order chi connectivity index (χ0) is 40.6. The maximum absolute atomic E-state index is 10.6. The Kier molecular flexibility index (Phi) is 39.5. The molecule has 0 saturated carbocycles. The lowest BCUT2D eigenvalue weighted by molar-refractivity contribution is -0.912. The number of unbranched alkanes of at least 4 members (excludes halogenated alkanes) is 24. The van der Waals surface area contributed by atoms with E-state index in [1.807, 2.05) is 0 Å². The molecular formula is C49H100N2O4+2. The van der Waals surface area contributed by atoms with Crippen LogP contribution in [0.2, 0.25) is 0 Å². The minimum Gasteiger partial charge on any atom is -0.385 e. The van der Waals surface area contributed by atoms with E-state index in [9.17, 15) is 10.2 Å². The highest BCUT2D eigenvalue weighted by Gasteiger charge is 2.25. The van der Waals surface area contributed by atoms with Gasteiger partial charge in [0.1, 0.15) is 25.3 Å². The number of hydrogen-bond donors (Lipinski definition) is 2. The average molecular weight is 781 g/mol. The maximum Gasteiger partial charge on any atom is 0.126 e. The third kappa shape index (κ3) is 42.7. The molecular weight excluding hydrogens is 681 g/mol. The Morgan fingerprint density at radius 1 is 0.382 bits per heavy atom. The monoisotopic (exact) mass is 781 g/mol. The van der Waals surface area contributed by atoms with Crippen LogP contribution in [0.3, 0.4) is 0 Å². The second kappa shape index (κ2) is 40.0. The number of aliphatic hydroxyl groups is 2. The molecule has 0 aromatic rings. The Morgan fingerprint density at radius 3 is 0.964 bits per heavy atom. The summed E-state index contributed by atoms with van der Waals surface area (Å²) in [6.07, 6.45) is 46.5. The van der Waals surface area contributed by atoms with Crippen LogP contribution in [0.15, 0.2) is 24.3 Å². The molecule has 55 heavy (non-hydrogen) atoms. The lowest BCUT2D eigenvalue weighted by atomic mass is 10.1. The minimum atomic E-state index is -0.433. The SMILES string of the molecule is CCCCCCCC/C=C/CCCCCCCCOCC(O)C[N+](C)(C)CCC[N+](C)(C)CC(O)COCCCCCCCC/C=C/CCCCCCCC. The zero-order valence-electron chi connectivity index (χ0n) is 38.2. The second-order valence-electron chi connectivity index (χ2n) is 18.4. The van der Waals surface area contributed by atoms with Crippen LogP contribution in [0.1, 0.15) is 200 Å². The number of allylic oxidation sites excluding steroid dienone is 4. The molecule has 0 radical (unpaired) electrons. The Balaban J connectivity index is 3.69. The highest BCUT2D eigenvalue weighted by atomic mass is 16.5. The Morgan fingerprint density at radius 2 is 0.655 bits per heavy atom. The summed E-state index contributed by atoms with van der Waals surface area (Å²) in [7, 11) is 8.81. The topological polar surface area (TPSA) is 58.9 Å². The summed E-state index contributed by atoms with van der Waals surface area (Å²) in [5.74, 6) is 0. The lowest BCUT2D eigenvalue weighted by Crippen LogP contribution is -2.51. The van der Waals surface area contributed by atoms with Crippen LogP contribution in [0.4, 0.5) is 0 Å². The van der Waals surface area contributed by atoms with E-state index in [-0.39, 0.29) is 0 Å². The van der Waals surface area contributed by atoms with Crippen LogP contribution in [-0.4, -0.2) is 112 Å². The van der Waals surface area contributed by atoms with Crippen molar-refractivity contribution in [2.24, 2.45) is 0 Å². The first-order valence-electron chi connectivity index (χ1n) is 24.1. The molecule has 328 valence electrons. The van der Waals surface area contributed by atoms with Gasteiger partial charge < -0.3 is 28.7 Å². The molecule has 0 heterocycles. The maximum atomic E-state index is 10.6. The highest BCUT2D eigenvalue weighted by Crippen LogP contribution is 2.13. The van der Waals surface area contributed by atoms with E-state index in [1.54, 1.807) is 0 Å². The summed E-state index contributed by atoms with van der Waals surface area (Å²) in [6.45, 7) is 10.3. The van der Waals surface area contributed by atoms with Crippen LogP contribution in [0.25, 0.3) is 0 Å². The number of nitrogens with zero attached hydrogens (tertiary/aromatic N) is 2. The fourth-order valence-electron chi connectivity index (χ4n) is 7.70. The molecule has 2 atom stereocenters. The van der Waals surface area contributed by atoms with Gasteiger partial charge in [-0.2, -0.15) is 0 Å². The highest BCUT2D eigenvalue weighted by molar-refractivity contribution is 4.82. The number of ether oxygens (including phenoxy) is 2. The van der Waals surface area contributed by atoms with Gasteiger partial charge in [0.15, 0.2) is 0 Å². The summed E-state index contributed by atoms with van der Waals surface area (Å²) >= 11 is 0. The number of quaternary nitrogens is 2. The smallest absolute Gasteiger partial charge is 0.126 e. The number of rotatable bonds is 44. The van der Waals surface area contributed by atoms with Crippen LogP contribution in [-0.2, 0) is 9.47 Å². The van der Waals surface area contributed by atoms with Gasteiger partial charge in [-0.05, 0) is 64.2 Å². The van der Waals surface area contributed by atoms with Gasteiger partial charge in [-0.15, -0.1) is 0 Å². The van der Waals surface area contributed by atoms with Crippen molar-refractivity contribution in [3.63, 3.8) is 0 Å². The standard InChI is InChI=1S/C49H100N2O4/c1-7-9-11-13-15-17-19-21-23-25-27-29-31-33-35-37-42-54-46-48(52)44-50(3,4)40-39-41-51(5,6)45-49(53)47-55-43-38-36-34-32-30-28-26-24-22-20-18-16-14-12-10-8-2/h21-24,48-49,52-53H,7-20,25-47H2,1-6H3/q+2/b23-21+,24-22+. The van der Waals surface area contributed by atoms with Crippen molar-refractivity contribution >= 4 is 0 Å². The van der Waals surface area contributed by atoms with Crippen molar-refractivity contribution in [2.45, 2.75) is 212 Å². The molecule has 0 saturated heterocycles. The van der Waals surface area contributed by atoms with Gasteiger partial charge in [0, 0.05) is 19.6 Å². The van der Waals surface area contributed by atoms with Crippen molar-refractivity contribution in [3.05, 3.63) is 24.3 Å². The van der Waals surface area contributed by atoms with Gasteiger partial charge >= 0.3 is 0 Å². The average Bonchev–Trinajstić information content (AvgIpc) is 3.13. The molecule has 0 aromatic carbocycles. The number of aliphatic hydroxyl groups excluding tert-OH is 2. The lowest BCUT2D eigenvalue weighted by Gasteiger charge is -2.35. The molecule has 0 aliphatic carbocycles. The summed E-state index contributed by atoms with van der Waals surface area (Å²) in [4.78, 5) is 0. The van der Waals surface area contributed by atoms with E-state index >= 15 is 0 Å².